The number of anilines is 2. The molecule has 0 aromatic carbocycles. The molecule has 3 aromatic rings. The first-order valence-corrected chi connectivity index (χ1v) is 11.8. The molecule has 5 rings (SSSR count). The van der Waals surface area contributed by atoms with E-state index in [0.29, 0.717) is 43.3 Å². The number of aromatic nitrogens is 5. The summed E-state index contributed by atoms with van der Waals surface area (Å²) < 4.78 is 30.5. The molecule has 1 amide bonds. The zero-order valence-electron chi connectivity index (χ0n) is 19.1. The Morgan fingerprint density at radius 2 is 1.91 bits per heavy atom. The second-order valence-electron chi connectivity index (χ2n) is 9.41. The quantitative estimate of drug-likeness (QED) is 0.584. The molecule has 0 spiro atoms. The standard InChI is InChI=1S/C23H29F2N7O2/c1-14-2-4-15(5-3-14)32-13-18(20(29-32)21(24)25)27-23(34)17-12-26-31-11-8-19(28-22(17)31)30-9-6-16(33)7-10-30/h8,11-16,21,33H,2-7,9-10H2,1H3,(H,27,34)/t14-,15-. The van der Waals surface area contributed by atoms with Gasteiger partial charge in [-0.25, -0.2) is 18.3 Å². The Hall–Kier alpha value is -3.08. The minimum absolute atomic E-state index is 0.0131. The van der Waals surface area contributed by atoms with Crippen molar-refractivity contribution >= 4 is 23.1 Å². The summed E-state index contributed by atoms with van der Waals surface area (Å²) in [5.74, 6) is 0.748. The normalized spacial score (nSPS) is 22.0. The predicted octanol–water partition coefficient (Wildman–Crippen LogP) is 3.83. The monoisotopic (exact) mass is 473 g/mol. The average Bonchev–Trinajstić information content (AvgIpc) is 3.44. The Bertz CT molecular complexity index is 1160. The number of alkyl halides is 2. The van der Waals surface area contributed by atoms with Gasteiger partial charge in [-0.2, -0.15) is 10.2 Å². The Labute approximate surface area is 195 Å². The summed E-state index contributed by atoms with van der Waals surface area (Å²) in [5.41, 5.74) is 0.120. The van der Waals surface area contributed by atoms with Crippen molar-refractivity contribution in [3.63, 3.8) is 0 Å². The average molecular weight is 474 g/mol. The largest absolute Gasteiger partial charge is 0.393 e. The van der Waals surface area contributed by atoms with Gasteiger partial charge in [-0.3, -0.25) is 9.48 Å². The second kappa shape index (κ2) is 9.28. The van der Waals surface area contributed by atoms with Crippen LogP contribution in [0.3, 0.4) is 0 Å². The number of halogens is 2. The highest BCUT2D eigenvalue weighted by Gasteiger charge is 2.27. The van der Waals surface area contributed by atoms with E-state index in [2.05, 4.69) is 27.4 Å². The summed E-state index contributed by atoms with van der Waals surface area (Å²) in [6.45, 7) is 3.52. The number of aliphatic hydroxyl groups excluding tert-OH is 1. The summed E-state index contributed by atoms with van der Waals surface area (Å²) in [6.07, 6.45) is 6.64. The molecule has 11 heteroatoms. The number of fused-ring (bicyclic) bond motifs is 1. The van der Waals surface area contributed by atoms with Crippen LogP contribution in [-0.4, -0.2) is 54.6 Å². The topological polar surface area (TPSA) is 101 Å². The Balaban J connectivity index is 1.38. The van der Waals surface area contributed by atoms with E-state index in [1.165, 1.54) is 16.9 Å². The highest BCUT2D eigenvalue weighted by molar-refractivity contribution is 6.08. The minimum atomic E-state index is -2.80. The highest BCUT2D eigenvalue weighted by atomic mass is 19.3. The van der Waals surface area contributed by atoms with Gasteiger partial charge in [0.2, 0.25) is 0 Å². The molecule has 1 saturated heterocycles. The zero-order chi connectivity index (χ0) is 23.8. The molecule has 0 unspecified atom stereocenters. The SMILES string of the molecule is C[C@H]1CC[C@H](n2cc(NC(=O)c3cnn4ccc(N5CCC(O)CC5)nc34)c(C(F)F)n2)CC1. The Kier molecular flexibility index (Phi) is 6.20. The molecule has 34 heavy (non-hydrogen) atoms. The molecular formula is C23H29F2N7O2. The van der Waals surface area contributed by atoms with Crippen LogP contribution in [-0.2, 0) is 0 Å². The molecular weight excluding hydrogens is 444 g/mol. The number of amides is 1. The molecule has 0 bridgehead atoms. The lowest BCUT2D eigenvalue weighted by atomic mass is 9.87. The van der Waals surface area contributed by atoms with E-state index in [4.69, 9.17) is 0 Å². The number of aliphatic hydroxyl groups is 1. The van der Waals surface area contributed by atoms with Crippen LogP contribution in [0.15, 0.2) is 24.7 Å². The first kappa shape index (κ1) is 22.7. The maximum Gasteiger partial charge on any atom is 0.284 e. The van der Waals surface area contributed by atoms with Crippen molar-refractivity contribution in [2.45, 2.75) is 64.0 Å². The second-order valence-corrected chi connectivity index (χ2v) is 9.41. The maximum atomic E-state index is 13.7. The van der Waals surface area contributed by atoms with Crippen molar-refractivity contribution in [2.24, 2.45) is 5.92 Å². The third-order valence-corrected chi connectivity index (χ3v) is 6.96. The molecule has 1 saturated carbocycles. The minimum Gasteiger partial charge on any atom is -0.393 e. The molecule has 3 aromatic heterocycles. The van der Waals surface area contributed by atoms with E-state index in [9.17, 15) is 18.7 Å². The van der Waals surface area contributed by atoms with Gasteiger partial charge < -0.3 is 15.3 Å². The van der Waals surface area contributed by atoms with Crippen LogP contribution in [0.2, 0.25) is 0 Å². The maximum absolute atomic E-state index is 13.7. The number of hydrogen-bond donors (Lipinski definition) is 2. The van der Waals surface area contributed by atoms with Crippen LogP contribution in [0.25, 0.3) is 5.65 Å². The van der Waals surface area contributed by atoms with Crippen molar-refractivity contribution < 1.29 is 18.7 Å². The van der Waals surface area contributed by atoms with E-state index in [-0.39, 0.29) is 23.4 Å². The number of carbonyl (C=O) groups excluding carboxylic acids is 1. The third kappa shape index (κ3) is 4.48. The Morgan fingerprint density at radius 3 is 2.62 bits per heavy atom. The van der Waals surface area contributed by atoms with Gasteiger partial charge in [0.25, 0.3) is 12.3 Å². The van der Waals surface area contributed by atoms with Crippen molar-refractivity contribution in [1.29, 1.82) is 0 Å². The van der Waals surface area contributed by atoms with Gasteiger partial charge >= 0.3 is 0 Å². The molecule has 2 aliphatic rings. The van der Waals surface area contributed by atoms with E-state index < -0.39 is 18.0 Å². The predicted molar refractivity (Wildman–Crippen MR) is 122 cm³/mol. The molecule has 0 radical (unpaired) electrons. The smallest absolute Gasteiger partial charge is 0.284 e. The molecule has 0 atom stereocenters. The lowest BCUT2D eigenvalue weighted by molar-refractivity contribution is 0.102. The van der Waals surface area contributed by atoms with Crippen LogP contribution >= 0.6 is 0 Å². The molecule has 1 aliphatic heterocycles. The lowest BCUT2D eigenvalue weighted by Gasteiger charge is -2.30. The molecule has 182 valence electrons. The van der Waals surface area contributed by atoms with Gasteiger partial charge in [0.1, 0.15) is 11.4 Å². The van der Waals surface area contributed by atoms with Crippen molar-refractivity contribution in [3.05, 3.63) is 35.9 Å². The zero-order valence-corrected chi connectivity index (χ0v) is 19.1. The third-order valence-electron chi connectivity index (χ3n) is 6.96. The van der Waals surface area contributed by atoms with Gasteiger partial charge in [0.15, 0.2) is 11.3 Å². The van der Waals surface area contributed by atoms with Crippen molar-refractivity contribution in [3.8, 4) is 0 Å². The van der Waals surface area contributed by atoms with Crippen LogP contribution in [0.5, 0.6) is 0 Å². The molecule has 9 nitrogen and oxygen atoms in total. The van der Waals surface area contributed by atoms with Crippen LogP contribution in [0, 0.1) is 5.92 Å². The van der Waals surface area contributed by atoms with Crippen LogP contribution in [0.1, 0.15) is 74.0 Å². The van der Waals surface area contributed by atoms with Gasteiger partial charge in [-0.15, -0.1) is 0 Å². The number of rotatable bonds is 5. The fraction of sp³-hybridized carbons (Fsp3) is 0.565. The molecule has 4 heterocycles. The fourth-order valence-corrected chi connectivity index (χ4v) is 4.84. The molecule has 2 N–H and O–H groups in total. The lowest BCUT2D eigenvalue weighted by Crippen LogP contribution is -2.36. The van der Waals surface area contributed by atoms with Gasteiger partial charge in [0, 0.05) is 25.5 Å². The van der Waals surface area contributed by atoms with E-state index in [1.807, 2.05) is 11.0 Å². The summed E-state index contributed by atoms with van der Waals surface area (Å²) in [6, 6.07) is 1.87. The van der Waals surface area contributed by atoms with Gasteiger partial charge in [0.05, 0.1) is 24.0 Å². The van der Waals surface area contributed by atoms with Crippen molar-refractivity contribution in [2.75, 3.05) is 23.3 Å². The Morgan fingerprint density at radius 1 is 1.18 bits per heavy atom. The van der Waals surface area contributed by atoms with Gasteiger partial charge in [-0.05, 0) is 50.5 Å². The summed E-state index contributed by atoms with van der Waals surface area (Å²) in [4.78, 5) is 19.7. The summed E-state index contributed by atoms with van der Waals surface area (Å²) >= 11 is 0. The number of carbonyl (C=O) groups is 1. The number of nitrogens with zero attached hydrogens (tertiary/aromatic N) is 6. The van der Waals surface area contributed by atoms with Gasteiger partial charge in [-0.1, -0.05) is 6.92 Å². The van der Waals surface area contributed by atoms with E-state index in [1.54, 1.807) is 10.9 Å². The molecule has 1 aliphatic carbocycles. The van der Waals surface area contributed by atoms with Crippen LogP contribution < -0.4 is 10.2 Å². The van der Waals surface area contributed by atoms with Crippen LogP contribution in [0.4, 0.5) is 20.3 Å². The number of piperidine rings is 1. The fourth-order valence-electron chi connectivity index (χ4n) is 4.84. The molecule has 2 fully saturated rings. The summed E-state index contributed by atoms with van der Waals surface area (Å²) in [5, 5.41) is 20.7. The number of nitrogens with one attached hydrogen (secondary N) is 1. The highest BCUT2D eigenvalue weighted by Crippen LogP contribution is 2.34. The van der Waals surface area contributed by atoms with E-state index >= 15 is 0 Å². The first-order valence-electron chi connectivity index (χ1n) is 11.8. The number of hydrogen-bond acceptors (Lipinski definition) is 6. The first-order chi connectivity index (χ1) is 16.4. The van der Waals surface area contributed by atoms with E-state index in [0.717, 1.165) is 25.7 Å². The summed E-state index contributed by atoms with van der Waals surface area (Å²) in [7, 11) is 0. The van der Waals surface area contributed by atoms with Crippen molar-refractivity contribution in [1.82, 2.24) is 24.4 Å².